The average Bonchev–Trinajstić information content (AvgIpc) is 3.16. The second-order valence-electron chi connectivity index (χ2n) is 5.77. The first-order valence-corrected chi connectivity index (χ1v) is 9.04. The Kier molecular flexibility index (Phi) is 4.39. The summed E-state index contributed by atoms with van der Waals surface area (Å²) in [6, 6.07) is 21.8. The SMILES string of the molecule is O=C(NCc1ccccc1)c1ccc(N2CCOc3ccccc32)s1. The summed E-state index contributed by atoms with van der Waals surface area (Å²) < 4.78 is 5.70. The summed E-state index contributed by atoms with van der Waals surface area (Å²) in [6.07, 6.45) is 0. The van der Waals surface area contributed by atoms with Gasteiger partial charge in [0.2, 0.25) is 0 Å². The molecule has 0 atom stereocenters. The van der Waals surface area contributed by atoms with Crippen molar-refractivity contribution in [1.82, 2.24) is 5.32 Å². The monoisotopic (exact) mass is 350 g/mol. The van der Waals surface area contributed by atoms with Gasteiger partial charge in [0.05, 0.1) is 22.1 Å². The molecule has 4 rings (SSSR count). The number of hydrogen-bond donors (Lipinski definition) is 1. The molecule has 0 radical (unpaired) electrons. The average molecular weight is 350 g/mol. The number of hydrogen-bond acceptors (Lipinski definition) is 4. The van der Waals surface area contributed by atoms with E-state index < -0.39 is 0 Å². The van der Waals surface area contributed by atoms with Crippen LogP contribution in [-0.4, -0.2) is 19.1 Å². The van der Waals surface area contributed by atoms with Crippen LogP contribution in [0.5, 0.6) is 5.75 Å². The van der Waals surface area contributed by atoms with Crippen LogP contribution >= 0.6 is 11.3 Å². The minimum atomic E-state index is -0.0401. The summed E-state index contributed by atoms with van der Waals surface area (Å²) in [6.45, 7) is 1.96. The Bertz CT molecular complexity index is 876. The molecule has 5 heteroatoms. The Balaban J connectivity index is 1.48. The lowest BCUT2D eigenvalue weighted by Gasteiger charge is -2.29. The van der Waals surface area contributed by atoms with Crippen LogP contribution in [0.15, 0.2) is 66.7 Å². The van der Waals surface area contributed by atoms with Crippen molar-refractivity contribution in [1.29, 1.82) is 0 Å². The third-order valence-electron chi connectivity index (χ3n) is 4.11. The van der Waals surface area contributed by atoms with Crippen molar-refractivity contribution in [3.05, 3.63) is 77.2 Å². The van der Waals surface area contributed by atoms with Gasteiger partial charge in [-0.25, -0.2) is 0 Å². The number of amides is 1. The van der Waals surface area contributed by atoms with Crippen molar-refractivity contribution in [2.45, 2.75) is 6.54 Å². The van der Waals surface area contributed by atoms with Crippen LogP contribution in [0.1, 0.15) is 15.2 Å². The summed E-state index contributed by atoms with van der Waals surface area (Å²) in [5.74, 6) is 0.846. The molecule has 1 amide bonds. The molecule has 126 valence electrons. The molecule has 2 heterocycles. The van der Waals surface area contributed by atoms with E-state index in [9.17, 15) is 4.79 Å². The number of fused-ring (bicyclic) bond motifs is 1. The normalized spacial score (nSPS) is 13.0. The van der Waals surface area contributed by atoms with Gasteiger partial charge in [-0.3, -0.25) is 4.79 Å². The van der Waals surface area contributed by atoms with E-state index in [4.69, 9.17) is 4.74 Å². The maximum Gasteiger partial charge on any atom is 0.261 e. The van der Waals surface area contributed by atoms with E-state index >= 15 is 0 Å². The van der Waals surface area contributed by atoms with E-state index in [0.717, 1.165) is 33.4 Å². The topological polar surface area (TPSA) is 41.6 Å². The van der Waals surface area contributed by atoms with Crippen molar-refractivity contribution in [3.8, 4) is 5.75 Å². The Morgan fingerprint density at radius 1 is 1.04 bits per heavy atom. The quantitative estimate of drug-likeness (QED) is 0.766. The van der Waals surface area contributed by atoms with Crippen LogP contribution in [0.3, 0.4) is 0 Å². The number of ether oxygens (including phenoxy) is 1. The van der Waals surface area contributed by atoms with Gasteiger partial charge in [-0.15, -0.1) is 11.3 Å². The van der Waals surface area contributed by atoms with Gasteiger partial charge >= 0.3 is 0 Å². The molecular weight excluding hydrogens is 332 g/mol. The number of carbonyl (C=O) groups excluding carboxylic acids is 1. The summed E-state index contributed by atoms with van der Waals surface area (Å²) >= 11 is 1.50. The third-order valence-corrected chi connectivity index (χ3v) is 5.21. The molecule has 1 N–H and O–H groups in total. The van der Waals surface area contributed by atoms with E-state index in [1.165, 1.54) is 11.3 Å². The zero-order valence-electron chi connectivity index (χ0n) is 13.6. The number of carbonyl (C=O) groups is 1. The molecule has 0 aliphatic carbocycles. The van der Waals surface area contributed by atoms with Crippen LogP contribution < -0.4 is 15.0 Å². The van der Waals surface area contributed by atoms with Crippen LogP contribution in [0.4, 0.5) is 10.7 Å². The Labute approximate surface area is 150 Å². The lowest BCUT2D eigenvalue weighted by atomic mass is 10.2. The minimum absolute atomic E-state index is 0.0401. The van der Waals surface area contributed by atoms with Crippen molar-refractivity contribution >= 4 is 27.9 Å². The highest BCUT2D eigenvalue weighted by molar-refractivity contribution is 7.18. The number of anilines is 2. The van der Waals surface area contributed by atoms with Gasteiger partial charge in [0.15, 0.2) is 0 Å². The predicted octanol–water partition coefficient (Wildman–Crippen LogP) is 4.21. The number of benzene rings is 2. The minimum Gasteiger partial charge on any atom is -0.490 e. The molecular formula is C20H18N2O2S. The number of nitrogens with zero attached hydrogens (tertiary/aromatic N) is 1. The summed E-state index contributed by atoms with van der Waals surface area (Å²) in [4.78, 5) is 15.3. The summed E-state index contributed by atoms with van der Waals surface area (Å²) in [5, 5.41) is 4.04. The molecule has 0 fully saturated rings. The predicted molar refractivity (Wildman–Crippen MR) is 101 cm³/mol. The molecule has 2 aromatic carbocycles. The summed E-state index contributed by atoms with van der Waals surface area (Å²) in [5.41, 5.74) is 2.14. The van der Waals surface area contributed by atoms with Crippen molar-refractivity contribution in [3.63, 3.8) is 0 Å². The lowest BCUT2D eigenvalue weighted by molar-refractivity contribution is 0.0955. The van der Waals surface area contributed by atoms with Crippen LogP contribution in [-0.2, 0) is 6.54 Å². The fourth-order valence-electron chi connectivity index (χ4n) is 2.86. The van der Waals surface area contributed by atoms with Gasteiger partial charge in [0.25, 0.3) is 5.91 Å². The first kappa shape index (κ1) is 15.7. The molecule has 0 bridgehead atoms. The highest BCUT2D eigenvalue weighted by Crippen LogP contribution is 2.39. The van der Waals surface area contributed by atoms with Crippen molar-refractivity contribution in [2.24, 2.45) is 0 Å². The smallest absolute Gasteiger partial charge is 0.261 e. The number of para-hydroxylation sites is 2. The highest BCUT2D eigenvalue weighted by atomic mass is 32.1. The maximum absolute atomic E-state index is 12.4. The standard InChI is InChI=1S/C20H18N2O2S/c23-20(21-14-15-6-2-1-3-7-15)18-10-11-19(25-18)22-12-13-24-17-9-5-4-8-16(17)22/h1-11H,12-14H2,(H,21,23). The molecule has 4 nitrogen and oxygen atoms in total. The third kappa shape index (κ3) is 3.37. The molecule has 1 aromatic heterocycles. The molecule has 1 aliphatic rings. The van der Waals surface area contributed by atoms with E-state index in [0.29, 0.717) is 13.2 Å². The second kappa shape index (κ2) is 6.99. The van der Waals surface area contributed by atoms with Crippen molar-refractivity contribution < 1.29 is 9.53 Å². The molecule has 0 unspecified atom stereocenters. The number of thiophene rings is 1. The fourth-order valence-corrected chi connectivity index (χ4v) is 3.82. The molecule has 0 saturated heterocycles. The first-order valence-electron chi connectivity index (χ1n) is 8.22. The largest absolute Gasteiger partial charge is 0.490 e. The van der Waals surface area contributed by atoms with Gasteiger partial charge < -0.3 is 15.0 Å². The molecule has 0 spiro atoms. The second-order valence-corrected chi connectivity index (χ2v) is 6.84. The van der Waals surface area contributed by atoms with E-state index in [2.05, 4.69) is 10.2 Å². The van der Waals surface area contributed by atoms with Gasteiger partial charge in [-0.05, 0) is 29.8 Å². The zero-order valence-corrected chi connectivity index (χ0v) is 14.5. The number of rotatable bonds is 4. The van der Waals surface area contributed by atoms with Gasteiger partial charge in [-0.2, -0.15) is 0 Å². The Hall–Kier alpha value is -2.79. The first-order chi connectivity index (χ1) is 12.3. The summed E-state index contributed by atoms with van der Waals surface area (Å²) in [7, 11) is 0. The van der Waals surface area contributed by atoms with Gasteiger partial charge in [0, 0.05) is 6.54 Å². The Morgan fingerprint density at radius 3 is 2.72 bits per heavy atom. The molecule has 1 aliphatic heterocycles. The van der Waals surface area contributed by atoms with Gasteiger partial charge in [-0.1, -0.05) is 42.5 Å². The van der Waals surface area contributed by atoms with Crippen LogP contribution in [0, 0.1) is 0 Å². The Morgan fingerprint density at radius 2 is 1.84 bits per heavy atom. The molecule has 3 aromatic rings. The zero-order chi connectivity index (χ0) is 17.1. The molecule has 25 heavy (non-hydrogen) atoms. The lowest BCUT2D eigenvalue weighted by Crippen LogP contribution is -2.27. The van der Waals surface area contributed by atoms with Crippen molar-refractivity contribution in [2.75, 3.05) is 18.1 Å². The fraction of sp³-hybridized carbons (Fsp3) is 0.150. The number of nitrogens with one attached hydrogen (secondary N) is 1. The molecule has 0 saturated carbocycles. The van der Waals surface area contributed by atoms with E-state index in [1.54, 1.807) is 0 Å². The van der Waals surface area contributed by atoms with E-state index in [1.807, 2.05) is 66.7 Å². The van der Waals surface area contributed by atoms with Crippen LogP contribution in [0.2, 0.25) is 0 Å². The van der Waals surface area contributed by atoms with Gasteiger partial charge in [0.1, 0.15) is 12.4 Å². The van der Waals surface area contributed by atoms with Crippen LogP contribution in [0.25, 0.3) is 0 Å². The highest BCUT2D eigenvalue weighted by Gasteiger charge is 2.21. The van der Waals surface area contributed by atoms with E-state index in [-0.39, 0.29) is 5.91 Å². The maximum atomic E-state index is 12.4.